The maximum Gasteiger partial charge on any atom is 0.340 e. The van der Waals surface area contributed by atoms with Crippen molar-refractivity contribution in [3.05, 3.63) is 0 Å². The second-order valence-corrected chi connectivity index (χ2v) is 11.6. The summed E-state index contributed by atoms with van der Waals surface area (Å²) in [4.78, 5) is 18.5. The molecule has 0 aromatic rings. The van der Waals surface area contributed by atoms with Gasteiger partial charge in [-0.25, -0.2) is 0 Å². The van der Waals surface area contributed by atoms with Crippen molar-refractivity contribution < 1.29 is 14.0 Å². The highest BCUT2D eigenvalue weighted by Gasteiger charge is 2.41. The molecule has 0 aromatic carbocycles. The molecule has 0 spiro atoms. The van der Waals surface area contributed by atoms with Gasteiger partial charge in [0.25, 0.3) is 0 Å². The third-order valence-electron chi connectivity index (χ3n) is 1.71. The van der Waals surface area contributed by atoms with Crippen LogP contribution in [0, 0.1) is 0 Å². The first-order chi connectivity index (χ1) is 4.13. The van der Waals surface area contributed by atoms with E-state index in [1.807, 2.05) is 6.55 Å². The first-order valence-corrected chi connectivity index (χ1v) is 8.73. The molecule has 0 amide bonds. The minimum Gasteiger partial charge on any atom is -0.418 e. The van der Waals surface area contributed by atoms with Crippen LogP contribution in [0.15, 0.2) is 0 Å². The molecule has 54 valence electrons. The molecule has 0 aromatic heterocycles. The first kappa shape index (κ1) is 7.42. The van der Waals surface area contributed by atoms with Crippen molar-refractivity contribution in [2.75, 3.05) is 6.61 Å². The number of rotatable bonds is 0. The summed E-state index contributed by atoms with van der Waals surface area (Å²) in [6.07, 6.45) is 0.830. The fourth-order valence-electron chi connectivity index (χ4n) is 0.929. The standard InChI is InChI=1S/C4H12O3Si2/c1-8-7-3-2-4-9(8,5)6/h5-6,8H,2-4H2,1H3. The average Bonchev–Trinajstić information content (AvgIpc) is 1.77. The lowest BCUT2D eigenvalue weighted by atomic mass is 10.5. The fourth-order valence-corrected chi connectivity index (χ4v) is 5.77. The molecular weight excluding hydrogens is 152 g/mol. The van der Waals surface area contributed by atoms with Gasteiger partial charge in [0.2, 0.25) is 8.56 Å². The fraction of sp³-hybridized carbons (Fsp3) is 1.00. The lowest BCUT2D eigenvalue weighted by molar-refractivity contribution is 0.277. The van der Waals surface area contributed by atoms with Crippen LogP contribution in [0.1, 0.15) is 6.42 Å². The third kappa shape index (κ3) is 1.62. The molecular formula is C4H12O3Si2. The summed E-state index contributed by atoms with van der Waals surface area (Å²) in [7, 11) is -4.33. The van der Waals surface area contributed by atoms with E-state index in [0.717, 1.165) is 13.0 Å². The van der Waals surface area contributed by atoms with Gasteiger partial charge in [-0.05, 0) is 19.0 Å². The Morgan fingerprint density at radius 3 is 2.56 bits per heavy atom. The summed E-state index contributed by atoms with van der Waals surface area (Å²) in [5.41, 5.74) is 0. The Bertz CT molecular complexity index is 106. The molecule has 5 heteroatoms. The minimum atomic E-state index is -2.78. The van der Waals surface area contributed by atoms with Gasteiger partial charge in [0.05, 0.1) is 0 Å². The molecule has 3 nitrogen and oxygen atoms in total. The highest BCUT2D eigenvalue weighted by molar-refractivity contribution is 7.23. The minimum absolute atomic E-state index is 0.625. The van der Waals surface area contributed by atoms with Gasteiger partial charge in [-0.1, -0.05) is 0 Å². The zero-order valence-corrected chi connectivity index (χ0v) is 7.66. The smallest absolute Gasteiger partial charge is 0.340 e. The van der Waals surface area contributed by atoms with Crippen molar-refractivity contribution in [2.24, 2.45) is 0 Å². The van der Waals surface area contributed by atoms with Gasteiger partial charge in [-0.3, -0.25) is 0 Å². The van der Waals surface area contributed by atoms with E-state index in [0.29, 0.717) is 6.04 Å². The van der Waals surface area contributed by atoms with Gasteiger partial charge in [-0.2, -0.15) is 0 Å². The van der Waals surface area contributed by atoms with Crippen LogP contribution in [0.5, 0.6) is 0 Å². The van der Waals surface area contributed by atoms with Gasteiger partial charge in [-0.15, -0.1) is 0 Å². The largest absolute Gasteiger partial charge is 0.418 e. The Labute approximate surface area is 57.0 Å². The molecule has 2 N–H and O–H groups in total. The number of hydrogen-bond acceptors (Lipinski definition) is 3. The molecule has 1 aliphatic heterocycles. The van der Waals surface area contributed by atoms with Crippen molar-refractivity contribution in [1.29, 1.82) is 0 Å². The van der Waals surface area contributed by atoms with Gasteiger partial charge < -0.3 is 14.0 Å². The van der Waals surface area contributed by atoms with E-state index in [1.54, 1.807) is 0 Å². The maximum absolute atomic E-state index is 9.27. The molecule has 1 saturated heterocycles. The lowest BCUT2D eigenvalue weighted by Crippen LogP contribution is -2.54. The Morgan fingerprint density at radius 1 is 1.56 bits per heavy atom. The summed E-state index contributed by atoms with van der Waals surface area (Å²) in [6.45, 7) is 2.61. The van der Waals surface area contributed by atoms with Crippen LogP contribution in [-0.4, -0.2) is 32.8 Å². The predicted octanol–water partition coefficient (Wildman–Crippen LogP) is -0.735. The lowest BCUT2D eigenvalue weighted by Gasteiger charge is -2.28. The molecule has 0 aliphatic carbocycles. The summed E-state index contributed by atoms with van der Waals surface area (Å²) >= 11 is 0. The zero-order valence-electron chi connectivity index (χ0n) is 5.50. The second kappa shape index (κ2) is 2.51. The Morgan fingerprint density at radius 2 is 2.22 bits per heavy atom. The van der Waals surface area contributed by atoms with E-state index in [2.05, 4.69) is 0 Å². The quantitative estimate of drug-likeness (QED) is 0.464. The van der Waals surface area contributed by atoms with Crippen LogP contribution in [-0.2, 0) is 4.43 Å². The Kier molecular flexibility index (Phi) is 2.07. The van der Waals surface area contributed by atoms with E-state index in [9.17, 15) is 9.59 Å². The molecule has 0 bridgehead atoms. The average molecular weight is 164 g/mol. The van der Waals surface area contributed by atoms with E-state index in [4.69, 9.17) is 4.43 Å². The normalized spacial score (nSPS) is 34.3. The Balaban J connectivity index is 2.49. The molecule has 1 heterocycles. The molecule has 0 saturated carbocycles. The molecule has 1 rings (SSSR count). The van der Waals surface area contributed by atoms with Gasteiger partial charge >= 0.3 is 8.08 Å². The van der Waals surface area contributed by atoms with Crippen LogP contribution in [0.3, 0.4) is 0 Å². The van der Waals surface area contributed by atoms with E-state index in [-0.39, 0.29) is 0 Å². The molecule has 0 radical (unpaired) electrons. The molecule has 1 fully saturated rings. The van der Waals surface area contributed by atoms with E-state index >= 15 is 0 Å². The third-order valence-corrected chi connectivity index (χ3v) is 10.1. The van der Waals surface area contributed by atoms with Crippen LogP contribution in [0.4, 0.5) is 0 Å². The van der Waals surface area contributed by atoms with Crippen molar-refractivity contribution >= 4 is 16.6 Å². The van der Waals surface area contributed by atoms with Crippen molar-refractivity contribution in [3.63, 3.8) is 0 Å². The highest BCUT2D eigenvalue weighted by atomic mass is 29.3. The highest BCUT2D eigenvalue weighted by Crippen LogP contribution is 2.15. The molecule has 1 atom stereocenters. The Hall–Kier alpha value is 0.314. The molecule has 1 unspecified atom stereocenters. The van der Waals surface area contributed by atoms with E-state index < -0.39 is 16.6 Å². The maximum atomic E-state index is 9.27. The summed E-state index contributed by atoms with van der Waals surface area (Å²) < 4.78 is 5.19. The van der Waals surface area contributed by atoms with Gasteiger partial charge in [0, 0.05) is 6.61 Å². The van der Waals surface area contributed by atoms with Crippen molar-refractivity contribution in [3.8, 4) is 0 Å². The second-order valence-electron chi connectivity index (χ2n) is 2.50. The van der Waals surface area contributed by atoms with Crippen molar-refractivity contribution in [2.45, 2.75) is 19.0 Å². The summed E-state index contributed by atoms with van der Waals surface area (Å²) in [5, 5.41) is 0. The predicted molar refractivity (Wildman–Crippen MR) is 38.6 cm³/mol. The van der Waals surface area contributed by atoms with E-state index in [1.165, 1.54) is 0 Å². The number of hydrogen-bond donors (Lipinski definition) is 2. The summed E-state index contributed by atoms with van der Waals surface area (Å²) in [6, 6.07) is 0.625. The van der Waals surface area contributed by atoms with Crippen molar-refractivity contribution in [1.82, 2.24) is 0 Å². The zero-order chi connectivity index (χ0) is 6.91. The van der Waals surface area contributed by atoms with Crippen LogP contribution in [0.25, 0.3) is 0 Å². The van der Waals surface area contributed by atoms with Crippen LogP contribution < -0.4 is 0 Å². The topological polar surface area (TPSA) is 49.7 Å². The molecule has 9 heavy (non-hydrogen) atoms. The molecule has 1 aliphatic rings. The first-order valence-electron chi connectivity index (χ1n) is 3.19. The van der Waals surface area contributed by atoms with Crippen LogP contribution >= 0.6 is 0 Å². The van der Waals surface area contributed by atoms with Crippen LogP contribution in [0.2, 0.25) is 12.6 Å². The monoisotopic (exact) mass is 164 g/mol. The SMILES string of the molecule is C[SiH]1OCCC[Si]1(O)O. The van der Waals surface area contributed by atoms with Gasteiger partial charge in [0.15, 0.2) is 0 Å². The summed E-state index contributed by atoms with van der Waals surface area (Å²) in [5.74, 6) is 0. The van der Waals surface area contributed by atoms with Gasteiger partial charge in [0.1, 0.15) is 0 Å².